The molecule has 0 aliphatic rings. The molecule has 2 heterocycles. The highest BCUT2D eigenvalue weighted by Gasteiger charge is 2.05. The Labute approximate surface area is 91.3 Å². The maximum atomic E-state index is 8.60. The van der Waals surface area contributed by atoms with E-state index in [2.05, 4.69) is 26.8 Å². The predicted octanol–water partition coefficient (Wildman–Crippen LogP) is 1.35. The largest absolute Gasteiger partial charge is 0.395 e. The first kappa shape index (κ1) is 9.97. The molecule has 4 nitrogen and oxygen atoms in total. The van der Waals surface area contributed by atoms with E-state index in [0.717, 1.165) is 5.56 Å². The summed E-state index contributed by atoms with van der Waals surface area (Å²) in [4.78, 5) is 10.9. The van der Waals surface area contributed by atoms with Crippen molar-refractivity contribution in [3.05, 3.63) is 23.2 Å². The number of nitrogens with one attached hydrogen (secondary N) is 1. The summed E-state index contributed by atoms with van der Waals surface area (Å²) in [7, 11) is 0. The van der Waals surface area contributed by atoms with Crippen LogP contribution in [0.15, 0.2) is 12.5 Å². The van der Waals surface area contributed by atoms with Crippen LogP contribution in [0.3, 0.4) is 0 Å². The van der Waals surface area contributed by atoms with Crippen molar-refractivity contribution in [1.29, 1.82) is 0 Å². The van der Waals surface area contributed by atoms with E-state index in [9.17, 15) is 0 Å². The first-order valence-corrected chi connectivity index (χ1v) is 4.78. The molecule has 0 atom stereocenters. The number of halogens is 1. The third kappa shape index (κ3) is 1.94. The number of rotatable bonds is 1. The SMILES string of the molecule is OCCC#Cc1c[nH]c2c(Cl)ncnc12. The zero-order valence-electron chi connectivity index (χ0n) is 7.79. The van der Waals surface area contributed by atoms with Gasteiger partial charge in [0.25, 0.3) is 0 Å². The minimum atomic E-state index is 0.0606. The number of aliphatic hydroxyl groups excluding tert-OH is 1. The summed E-state index contributed by atoms with van der Waals surface area (Å²) in [6, 6.07) is 0. The van der Waals surface area contributed by atoms with Gasteiger partial charge in [-0.15, -0.1) is 0 Å². The number of H-pyrrole nitrogens is 1. The molecule has 0 aliphatic carbocycles. The molecule has 0 aromatic carbocycles. The molecular formula is C10H8ClN3O. The van der Waals surface area contributed by atoms with Crippen LogP contribution < -0.4 is 0 Å². The van der Waals surface area contributed by atoms with Crippen LogP contribution in [0.4, 0.5) is 0 Å². The molecule has 0 fully saturated rings. The van der Waals surface area contributed by atoms with Gasteiger partial charge in [0, 0.05) is 12.6 Å². The van der Waals surface area contributed by atoms with Crippen molar-refractivity contribution in [2.75, 3.05) is 6.61 Å². The number of hydrogen-bond acceptors (Lipinski definition) is 3. The van der Waals surface area contributed by atoms with Gasteiger partial charge in [0.1, 0.15) is 17.4 Å². The molecule has 0 saturated carbocycles. The lowest BCUT2D eigenvalue weighted by Crippen LogP contribution is -1.82. The van der Waals surface area contributed by atoms with Gasteiger partial charge in [0.05, 0.1) is 12.2 Å². The van der Waals surface area contributed by atoms with Crippen LogP contribution in [-0.2, 0) is 0 Å². The smallest absolute Gasteiger partial charge is 0.156 e. The van der Waals surface area contributed by atoms with E-state index in [4.69, 9.17) is 16.7 Å². The first-order valence-electron chi connectivity index (χ1n) is 4.40. The number of hydrogen-bond donors (Lipinski definition) is 2. The summed E-state index contributed by atoms with van der Waals surface area (Å²) in [5.41, 5.74) is 2.16. The molecule has 0 radical (unpaired) electrons. The van der Waals surface area contributed by atoms with Crippen molar-refractivity contribution in [2.45, 2.75) is 6.42 Å². The number of aromatic amines is 1. The van der Waals surface area contributed by atoms with Crippen molar-refractivity contribution >= 4 is 22.6 Å². The second kappa shape index (κ2) is 4.30. The molecule has 0 bridgehead atoms. The van der Waals surface area contributed by atoms with Crippen LogP contribution in [0.5, 0.6) is 0 Å². The predicted molar refractivity (Wildman–Crippen MR) is 57.5 cm³/mol. The normalized spacial score (nSPS) is 10.0. The third-order valence-electron chi connectivity index (χ3n) is 1.88. The fraction of sp³-hybridized carbons (Fsp3) is 0.200. The lowest BCUT2D eigenvalue weighted by Gasteiger charge is -1.90. The zero-order chi connectivity index (χ0) is 10.7. The van der Waals surface area contributed by atoms with E-state index in [1.165, 1.54) is 6.33 Å². The minimum Gasteiger partial charge on any atom is -0.395 e. The second-order valence-corrected chi connectivity index (χ2v) is 3.22. The molecule has 0 saturated heterocycles. The Morgan fingerprint density at radius 2 is 2.33 bits per heavy atom. The van der Waals surface area contributed by atoms with Crippen molar-refractivity contribution in [2.24, 2.45) is 0 Å². The Morgan fingerprint density at radius 1 is 1.47 bits per heavy atom. The fourth-order valence-electron chi connectivity index (χ4n) is 1.22. The molecule has 0 amide bonds. The summed E-state index contributed by atoms with van der Waals surface area (Å²) >= 11 is 5.86. The highest BCUT2D eigenvalue weighted by Crippen LogP contribution is 2.20. The average Bonchev–Trinajstić information content (AvgIpc) is 2.64. The molecule has 2 aromatic rings. The molecule has 2 N–H and O–H groups in total. The van der Waals surface area contributed by atoms with Crippen molar-refractivity contribution in [3.8, 4) is 11.8 Å². The molecule has 0 aliphatic heterocycles. The monoisotopic (exact) mass is 221 g/mol. The molecular weight excluding hydrogens is 214 g/mol. The van der Waals surface area contributed by atoms with Crippen LogP contribution in [0, 0.1) is 11.8 Å². The van der Waals surface area contributed by atoms with E-state index in [1.54, 1.807) is 6.20 Å². The van der Waals surface area contributed by atoms with Gasteiger partial charge in [-0.05, 0) is 0 Å². The van der Waals surface area contributed by atoms with Gasteiger partial charge in [-0.2, -0.15) is 0 Å². The van der Waals surface area contributed by atoms with Gasteiger partial charge in [-0.1, -0.05) is 23.4 Å². The van der Waals surface area contributed by atoms with Gasteiger partial charge in [0.15, 0.2) is 5.15 Å². The zero-order valence-corrected chi connectivity index (χ0v) is 8.54. The number of aliphatic hydroxyl groups is 1. The van der Waals surface area contributed by atoms with Crippen molar-refractivity contribution < 1.29 is 5.11 Å². The van der Waals surface area contributed by atoms with Crippen LogP contribution >= 0.6 is 11.6 Å². The molecule has 76 valence electrons. The third-order valence-corrected chi connectivity index (χ3v) is 2.16. The van der Waals surface area contributed by atoms with Crippen LogP contribution in [0.1, 0.15) is 12.0 Å². The molecule has 0 spiro atoms. The lowest BCUT2D eigenvalue weighted by atomic mass is 10.3. The summed E-state index contributed by atoms with van der Waals surface area (Å²) in [6.07, 6.45) is 3.58. The topological polar surface area (TPSA) is 61.8 Å². The Bertz CT molecular complexity index is 538. The van der Waals surface area contributed by atoms with E-state index in [1.807, 2.05) is 0 Å². The molecule has 15 heavy (non-hydrogen) atoms. The van der Waals surface area contributed by atoms with Crippen molar-refractivity contribution in [3.63, 3.8) is 0 Å². The molecule has 2 aromatic heterocycles. The number of aromatic nitrogens is 3. The average molecular weight is 222 g/mol. The molecule has 0 unspecified atom stereocenters. The van der Waals surface area contributed by atoms with Crippen LogP contribution in [-0.4, -0.2) is 26.7 Å². The summed E-state index contributed by atoms with van der Waals surface area (Å²) in [5, 5.41) is 8.98. The summed E-state index contributed by atoms with van der Waals surface area (Å²) in [5.74, 6) is 5.73. The van der Waals surface area contributed by atoms with Gasteiger partial charge in [-0.25, -0.2) is 9.97 Å². The van der Waals surface area contributed by atoms with E-state index in [-0.39, 0.29) is 6.61 Å². The number of nitrogens with zero attached hydrogens (tertiary/aromatic N) is 2. The van der Waals surface area contributed by atoms with E-state index < -0.39 is 0 Å². The highest BCUT2D eigenvalue weighted by atomic mass is 35.5. The van der Waals surface area contributed by atoms with Crippen LogP contribution in [0.2, 0.25) is 5.15 Å². The molecule has 2 rings (SSSR count). The maximum Gasteiger partial charge on any atom is 0.156 e. The van der Waals surface area contributed by atoms with Gasteiger partial charge in [-0.3, -0.25) is 0 Å². The number of fused-ring (bicyclic) bond motifs is 1. The second-order valence-electron chi connectivity index (χ2n) is 2.87. The van der Waals surface area contributed by atoms with Gasteiger partial charge in [0.2, 0.25) is 0 Å². The summed E-state index contributed by atoms with van der Waals surface area (Å²) in [6.45, 7) is 0.0606. The van der Waals surface area contributed by atoms with Gasteiger partial charge < -0.3 is 10.1 Å². The van der Waals surface area contributed by atoms with E-state index in [0.29, 0.717) is 22.6 Å². The Morgan fingerprint density at radius 3 is 3.13 bits per heavy atom. The standard InChI is InChI=1S/C10H8ClN3O/c11-10-9-8(13-6-14-10)7(5-12-9)3-1-2-4-15/h5-6,12,15H,2,4H2. The van der Waals surface area contributed by atoms with Crippen molar-refractivity contribution in [1.82, 2.24) is 15.0 Å². The minimum absolute atomic E-state index is 0.0606. The highest BCUT2D eigenvalue weighted by molar-refractivity contribution is 6.33. The Hall–Kier alpha value is -1.57. The lowest BCUT2D eigenvalue weighted by molar-refractivity contribution is 0.305. The Balaban J connectivity index is 2.47. The quantitative estimate of drug-likeness (QED) is 0.564. The maximum absolute atomic E-state index is 8.60. The van der Waals surface area contributed by atoms with E-state index >= 15 is 0 Å². The van der Waals surface area contributed by atoms with Gasteiger partial charge >= 0.3 is 0 Å². The molecule has 5 heteroatoms. The van der Waals surface area contributed by atoms with Crippen LogP contribution in [0.25, 0.3) is 11.0 Å². The fourth-order valence-corrected chi connectivity index (χ4v) is 1.41. The first-order chi connectivity index (χ1) is 7.33. The summed E-state index contributed by atoms with van der Waals surface area (Å²) < 4.78 is 0. The Kier molecular flexibility index (Phi) is 2.86.